The van der Waals surface area contributed by atoms with Crippen molar-refractivity contribution in [3.8, 4) is 11.5 Å². The van der Waals surface area contributed by atoms with E-state index in [2.05, 4.69) is 0 Å². The Labute approximate surface area is 106 Å². The van der Waals surface area contributed by atoms with Crippen LogP contribution in [0, 0.1) is 0 Å². The largest absolute Gasteiger partial charge is 0.493 e. The molecule has 0 spiro atoms. The number of methoxy groups -OCH3 is 2. The number of nitrogens with zero attached hydrogens (tertiary/aromatic N) is 1. The van der Waals surface area contributed by atoms with E-state index >= 15 is 0 Å². The van der Waals surface area contributed by atoms with Crippen LogP contribution in [0.4, 0.5) is 5.69 Å². The molecule has 1 aromatic rings. The zero-order valence-electron chi connectivity index (χ0n) is 10.5. The summed E-state index contributed by atoms with van der Waals surface area (Å²) >= 11 is 0. The third-order valence-electron chi connectivity index (χ3n) is 3.09. The van der Waals surface area contributed by atoms with Gasteiger partial charge in [-0.05, 0) is 25.0 Å². The zero-order valence-corrected chi connectivity index (χ0v) is 10.5. The van der Waals surface area contributed by atoms with Crippen molar-refractivity contribution in [3.05, 3.63) is 18.2 Å². The van der Waals surface area contributed by atoms with Gasteiger partial charge in [-0.3, -0.25) is 4.79 Å². The minimum Gasteiger partial charge on any atom is -0.493 e. The molecule has 1 aromatic carbocycles. The normalized spacial score (nSPS) is 19.8. The lowest BCUT2D eigenvalue weighted by Crippen LogP contribution is -2.44. The summed E-state index contributed by atoms with van der Waals surface area (Å²) in [6.07, 6.45) is 0.427. The summed E-state index contributed by atoms with van der Waals surface area (Å²) < 4.78 is 10.4. The van der Waals surface area contributed by atoms with E-state index in [9.17, 15) is 9.90 Å². The molecule has 1 fully saturated rings. The smallest absolute Gasteiger partial charge is 0.255 e. The van der Waals surface area contributed by atoms with Crippen LogP contribution in [0.15, 0.2) is 18.2 Å². The molecule has 1 atom stereocenters. The Morgan fingerprint density at radius 3 is 2.67 bits per heavy atom. The Balaban J connectivity index is 2.30. The molecule has 1 heterocycles. The quantitative estimate of drug-likeness (QED) is 0.876. The number of carbonyl (C=O) groups excluding carboxylic acids is 1. The van der Waals surface area contributed by atoms with Gasteiger partial charge in [0, 0.05) is 18.3 Å². The van der Waals surface area contributed by atoms with E-state index in [1.54, 1.807) is 37.3 Å². The van der Waals surface area contributed by atoms with Gasteiger partial charge >= 0.3 is 0 Å². The molecular formula is C13H17NO4. The summed E-state index contributed by atoms with van der Waals surface area (Å²) in [5, 5.41) is 9.59. The molecule has 1 saturated heterocycles. The van der Waals surface area contributed by atoms with Crippen LogP contribution in [-0.4, -0.2) is 37.9 Å². The maximum absolute atomic E-state index is 11.9. The number of piperidine rings is 1. The summed E-state index contributed by atoms with van der Waals surface area (Å²) in [4.78, 5) is 13.5. The highest BCUT2D eigenvalue weighted by molar-refractivity contribution is 5.97. The van der Waals surface area contributed by atoms with Crippen LogP contribution in [-0.2, 0) is 4.79 Å². The average Bonchev–Trinajstić information content (AvgIpc) is 2.41. The highest BCUT2D eigenvalue weighted by Crippen LogP contribution is 2.32. The molecule has 0 aliphatic carbocycles. The molecule has 0 bridgehead atoms. The first-order valence-electron chi connectivity index (χ1n) is 5.89. The molecule has 0 radical (unpaired) electrons. The Bertz CT molecular complexity index is 447. The molecule has 18 heavy (non-hydrogen) atoms. The van der Waals surface area contributed by atoms with Crippen LogP contribution < -0.4 is 14.4 Å². The summed E-state index contributed by atoms with van der Waals surface area (Å²) in [5.41, 5.74) is 0.719. The topological polar surface area (TPSA) is 59.0 Å². The number of hydrogen-bond donors (Lipinski definition) is 1. The minimum absolute atomic E-state index is 0.256. The van der Waals surface area contributed by atoms with Crippen LogP contribution in [0.1, 0.15) is 12.8 Å². The van der Waals surface area contributed by atoms with E-state index in [0.29, 0.717) is 24.5 Å². The van der Waals surface area contributed by atoms with Gasteiger partial charge in [0.2, 0.25) is 0 Å². The van der Waals surface area contributed by atoms with Crippen molar-refractivity contribution in [2.75, 3.05) is 25.7 Å². The summed E-state index contributed by atoms with van der Waals surface area (Å²) in [6, 6.07) is 5.29. The maximum atomic E-state index is 11.9. The SMILES string of the molecule is COc1ccc(N2CCCC(O)C2=O)cc1OC. The van der Waals surface area contributed by atoms with Crippen LogP contribution >= 0.6 is 0 Å². The first kappa shape index (κ1) is 12.7. The van der Waals surface area contributed by atoms with Crippen LogP contribution in [0.5, 0.6) is 11.5 Å². The van der Waals surface area contributed by atoms with Crippen molar-refractivity contribution < 1.29 is 19.4 Å². The predicted molar refractivity (Wildman–Crippen MR) is 67.1 cm³/mol. The number of benzene rings is 1. The molecular weight excluding hydrogens is 234 g/mol. The molecule has 5 nitrogen and oxygen atoms in total. The zero-order chi connectivity index (χ0) is 13.1. The van der Waals surface area contributed by atoms with E-state index in [4.69, 9.17) is 9.47 Å². The monoisotopic (exact) mass is 251 g/mol. The van der Waals surface area contributed by atoms with Crippen LogP contribution in [0.2, 0.25) is 0 Å². The lowest BCUT2D eigenvalue weighted by atomic mass is 10.1. The van der Waals surface area contributed by atoms with Gasteiger partial charge in [-0.15, -0.1) is 0 Å². The highest BCUT2D eigenvalue weighted by atomic mass is 16.5. The van der Waals surface area contributed by atoms with E-state index < -0.39 is 6.10 Å². The Kier molecular flexibility index (Phi) is 3.72. The van der Waals surface area contributed by atoms with Crippen molar-refractivity contribution >= 4 is 11.6 Å². The molecule has 2 rings (SSSR count). The van der Waals surface area contributed by atoms with Crippen molar-refractivity contribution in [1.29, 1.82) is 0 Å². The number of aliphatic hydroxyl groups is 1. The van der Waals surface area contributed by atoms with E-state index in [0.717, 1.165) is 12.1 Å². The first-order chi connectivity index (χ1) is 8.67. The molecule has 98 valence electrons. The number of anilines is 1. The standard InChI is InChI=1S/C13H17NO4/c1-17-11-6-5-9(8-12(11)18-2)14-7-3-4-10(15)13(14)16/h5-6,8,10,15H,3-4,7H2,1-2H3. The van der Waals surface area contributed by atoms with E-state index in [-0.39, 0.29) is 5.91 Å². The van der Waals surface area contributed by atoms with Crippen molar-refractivity contribution in [2.45, 2.75) is 18.9 Å². The van der Waals surface area contributed by atoms with Crippen molar-refractivity contribution in [3.63, 3.8) is 0 Å². The number of hydrogen-bond acceptors (Lipinski definition) is 4. The van der Waals surface area contributed by atoms with Crippen molar-refractivity contribution in [2.24, 2.45) is 0 Å². The molecule has 1 aliphatic heterocycles. The number of aliphatic hydroxyl groups excluding tert-OH is 1. The fourth-order valence-corrected chi connectivity index (χ4v) is 2.11. The minimum atomic E-state index is -0.896. The van der Waals surface area contributed by atoms with Crippen LogP contribution in [0.25, 0.3) is 0 Å². The molecule has 1 N–H and O–H groups in total. The highest BCUT2D eigenvalue weighted by Gasteiger charge is 2.28. The third-order valence-corrected chi connectivity index (χ3v) is 3.09. The Morgan fingerprint density at radius 2 is 2.00 bits per heavy atom. The van der Waals surface area contributed by atoms with Gasteiger partial charge < -0.3 is 19.5 Å². The second kappa shape index (κ2) is 5.27. The molecule has 5 heteroatoms. The second-order valence-corrected chi connectivity index (χ2v) is 4.19. The first-order valence-corrected chi connectivity index (χ1v) is 5.89. The third kappa shape index (κ3) is 2.26. The lowest BCUT2D eigenvalue weighted by Gasteiger charge is -2.30. The summed E-state index contributed by atoms with van der Waals surface area (Å²) in [7, 11) is 3.11. The second-order valence-electron chi connectivity index (χ2n) is 4.19. The van der Waals surface area contributed by atoms with Gasteiger partial charge in [0.15, 0.2) is 11.5 Å². The van der Waals surface area contributed by atoms with Gasteiger partial charge in [0.1, 0.15) is 6.10 Å². The number of amides is 1. The Morgan fingerprint density at radius 1 is 1.28 bits per heavy atom. The fourth-order valence-electron chi connectivity index (χ4n) is 2.11. The van der Waals surface area contributed by atoms with Gasteiger partial charge in [0.05, 0.1) is 14.2 Å². The summed E-state index contributed by atoms with van der Waals surface area (Å²) in [5.74, 6) is 0.933. The molecule has 1 unspecified atom stereocenters. The Hall–Kier alpha value is -1.75. The fraction of sp³-hybridized carbons (Fsp3) is 0.462. The maximum Gasteiger partial charge on any atom is 0.255 e. The van der Waals surface area contributed by atoms with E-state index in [1.165, 1.54) is 0 Å². The predicted octanol–water partition coefficient (Wildman–Crippen LogP) is 1.19. The molecule has 1 amide bonds. The summed E-state index contributed by atoms with van der Waals surface area (Å²) in [6.45, 7) is 0.616. The van der Waals surface area contributed by atoms with Gasteiger partial charge in [0.25, 0.3) is 5.91 Å². The van der Waals surface area contributed by atoms with Gasteiger partial charge in [-0.1, -0.05) is 0 Å². The van der Waals surface area contributed by atoms with E-state index in [1.807, 2.05) is 0 Å². The lowest BCUT2D eigenvalue weighted by molar-refractivity contribution is -0.128. The van der Waals surface area contributed by atoms with Crippen molar-refractivity contribution in [1.82, 2.24) is 0 Å². The molecule has 0 saturated carbocycles. The van der Waals surface area contributed by atoms with Crippen LogP contribution in [0.3, 0.4) is 0 Å². The molecule has 1 aliphatic rings. The average molecular weight is 251 g/mol. The van der Waals surface area contributed by atoms with Gasteiger partial charge in [-0.2, -0.15) is 0 Å². The van der Waals surface area contributed by atoms with Gasteiger partial charge in [-0.25, -0.2) is 0 Å². The molecule has 0 aromatic heterocycles. The number of ether oxygens (including phenoxy) is 2. The number of rotatable bonds is 3. The number of carbonyl (C=O) groups is 1.